The third-order valence-electron chi connectivity index (χ3n) is 2.67. The Morgan fingerprint density at radius 1 is 1.29 bits per heavy atom. The van der Waals surface area contributed by atoms with E-state index in [1.165, 1.54) is 6.08 Å². The summed E-state index contributed by atoms with van der Waals surface area (Å²) in [6.07, 6.45) is 1.87. The minimum atomic E-state index is -4.02. The molecule has 0 aliphatic rings. The van der Waals surface area contributed by atoms with E-state index >= 15 is 0 Å². The van der Waals surface area contributed by atoms with E-state index in [2.05, 4.69) is 0 Å². The predicted molar refractivity (Wildman–Crippen MR) is 78.6 cm³/mol. The zero-order valence-electron chi connectivity index (χ0n) is 11.5. The largest absolute Gasteiger partial charge is 0.481 e. The van der Waals surface area contributed by atoms with Crippen molar-refractivity contribution < 1.29 is 23.1 Å². The van der Waals surface area contributed by atoms with Crippen LogP contribution in [0.1, 0.15) is 25.3 Å². The molecule has 0 radical (unpaired) electrons. The van der Waals surface area contributed by atoms with Gasteiger partial charge < -0.3 is 5.11 Å². The number of carboxylic acids is 1. The summed E-state index contributed by atoms with van der Waals surface area (Å²) in [6, 6.07) is 8.67. The Labute approximate surface area is 123 Å². The van der Waals surface area contributed by atoms with Gasteiger partial charge in [0.2, 0.25) is 5.91 Å². The molecule has 2 N–H and O–H groups in total. The van der Waals surface area contributed by atoms with E-state index in [4.69, 9.17) is 5.11 Å². The van der Waals surface area contributed by atoms with Crippen LogP contribution in [0.5, 0.6) is 0 Å². The van der Waals surface area contributed by atoms with Crippen LogP contribution in [-0.2, 0) is 19.6 Å². The van der Waals surface area contributed by atoms with Gasteiger partial charge in [-0.2, -0.15) is 0 Å². The van der Waals surface area contributed by atoms with E-state index in [1.807, 2.05) is 0 Å². The first kappa shape index (κ1) is 16.9. The first-order valence-corrected chi connectivity index (χ1v) is 7.93. The molecule has 0 spiro atoms. The van der Waals surface area contributed by atoms with E-state index in [0.29, 0.717) is 12.0 Å². The van der Waals surface area contributed by atoms with Gasteiger partial charge in [-0.25, -0.2) is 13.1 Å². The van der Waals surface area contributed by atoms with Gasteiger partial charge in [0.25, 0.3) is 10.0 Å². The van der Waals surface area contributed by atoms with Crippen LogP contribution in [0.4, 0.5) is 0 Å². The fraction of sp³-hybridized carbons (Fsp3) is 0.286. The number of nitrogens with one attached hydrogen (secondary N) is 1. The number of carboxylic acid groups (broad SMARTS) is 1. The van der Waals surface area contributed by atoms with Gasteiger partial charge in [0.15, 0.2) is 0 Å². The highest BCUT2D eigenvalue weighted by Gasteiger charge is 2.27. The van der Waals surface area contributed by atoms with E-state index in [9.17, 15) is 18.0 Å². The highest BCUT2D eigenvalue weighted by Crippen LogP contribution is 2.08. The third kappa shape index (κ3) is 5.78. The molecule has 1 unspecified atom stereocenters. The number of sulfonamides is 1. The third-order valence-corrected chi connectivity index (χ3v) is 3.65. The summed E-state index contributed by atoms with van der Waals surface area (Å²) in [5.74, 6) is -3.73. The number of carbonyl (C=O) groups excluding carboxylic acids is 1. The van der Waals surface area contributed by atoms with E-state index < -0.39 is 27.8 Å². The number of amides is 1. The van der Waals surface area contributed by atoms with E-state index in [0.717, 1.165) is 5.41 Å². The van der Waals surface area contributed by atoms with Crippen molar-refractivity contribution in [3.05, 3.63) is 41.3 Å². The Morgan fingerprint density at radius 3 is 2.43 bits per heavy atom. The zero-order valence-corrected chi connectivity index (χ0v) is 12.3. The Hall–Kier alpha value is -2.15. The number of aliphatic carboxylic acids is 1. The summed E-state index contributed by atoms with van der Waals surface area (Å²) in [5.41, 5.74) is 0.652. The lowest BCUT2D eigenvalue weighted by atomic mass is 10.0. The molecule has 1 atom stereocenters. The quantitative estimate of drug-likeness (QED) is 0.745. The second-order valence-corrected chi connectivity index (χ2v) is 5.97. The number of hydrogen-bond donors (Lipinski definition) is 2. The van der Waals surface area contributed by atoms with Crippen molar-refractivity contribution in [2.75, 3.05) is 0 Å². The van der Waals surface area contributed by atoms with Crippen molar-refractivity contribution in [2.45, 2.75) is 19.8 Å². The summed E-state index contributed by atoms with van der Waals surface area (Å²) in [6.45, 7) is 1.72. The second-order valence-electron chi connectivity index (χ2n) is 4.40. The highest BCUT2D eigenvalue weighted by molar-refractivity contribution is 7.93. The molecule has 21 heavy (non-hydrogen) atoms. The van der Waals surface area contributed by atoms with Crippen molar-refractivity contribution in [1.82, 2.24) is 4.72 Å². The smallest absolute Gasteiger partial charge is 0.316 e. The summed E-state index contributed by atoms with van der Waals surface area (Å²) in [4.78, 5) is 22.6. The van der Waals surface area contributed by atoms with Gasteiger partial charge in [-0.3, -0.25) is 9.59 Å². The standard InChI is InChI=1S/C14H17NO5S/c1-2-6-12(14(17)18)13(16)15-21(19,20)10-9-11-7-4-3-5-8-11/h3-5,7-10,12H,2,6H2,1H3,(H,15,16)(H,17,18)/b10-9+. The van der Waals surface area contributed by atoms with Crippen molar-refractivity contribution in [3.63, 3.8) is 0 Å². The van der Waals surface area contributed by atoms with Gasteiger partial charge in [-0.15, -0.1) is 0 Å². The summed E-state index contributed by atoms with van der Waals surface area (Å²) < 4.78 is 25.2. The average Bonchev–Trinajstić information content (AvgIpc) is 2.43. The topological polar surface area (TPSA) is 101 Å². The number of benzene rings is 1. The maximum Gasteiger partial charge on any atom is 0.316 e. The normalized spacial score (nSPS) is 13.0. The molecule has 0 heterocycles. The van der Waals surface area contributed by atoms with Crippen LogP contribution in [0.3, 0.4) is 0 Å². The molecule has 1 rings (SSSR count). The van der Waals surface area contributed by atoms with Crippen molar-refractivity contribution in [1.29, 1.82) is 0 Å². The molecule has 0 fully saturated rings. The molecule has 7 heteroatoms. The maximum absolute atomic E-state index is 11.7. The first-order chi connectivity index (χ1) is 9.85. The molecular weight excluding hydrogens is 294 g/mol. The Balaban J connectivity index is 2.78. The molecule has 1 amide bonds. The fourth-order valence-corrected chi connectivity index (χ4v) is 2.46. The number of carbonyl (C=O) groups is 2. The lowest BCUT2D eigenvalue weighted by molar-refractivity contribution is -0.146. The number of hydrogen-bond acceptors (Lipinski definition) is 4. The van der Waals surface area contributed by atoms with E-state index in [1.54, 1.807) is 42.0 Å². The second kappa shape index (κ2) is 7.58. The van der Waals surface area contributed by atoms with Crippen LogP contribution in [0, 0.1) is 5.92 Å². The lowest BCUT2D eigenvalue weighted by Gasteiger charge is -2.10. The molecule has 0 bridgehead atoms. The predicted octanol–water partition coefficient (Wildman–Crippen LogP) is 1.60. The Kier molecular flexibility index (Phi) is 6.10. The Morgan fingerprint density at radius 2 is 1.90 bits per heavy atom. The molecule has 114 valence electrons. The van der Waals surface area contributed by atoms with Gasteiger partial charge >= 0.3 is 5.97 Å². The van der Waals surface area contributed by atoms with Gasteiger partial charge in [0.1, 0.15) is 5.92 Å². The molecule has 0 aromatic heterocycles. The fourth-order valence-electron chi connectivity index (χ4n) is 1.63. The minimum absolute atomic E-state index is 0.0824. The maximum atomic E-state index is 11.7. The molecule has 6 nitrogen and oxygen atoms in total. The van der Waals surface area contributed by atoms with Crippen LogP contribution in [0.15, 0.2) is 35.7 Å². The minimum Gasteiger partial charge on any atom is -0.481 e. The van der Waals surface area contributed by atoms with Crippen molar-refractivity contribution in [2.24, 2.45) is 5.92 Å². The van der Waals surface area contributed by atoms with Crippen LogP contribution < -0.4 is 4.72 Å². The molecular formula is C14H17NO5S. The van der Waals surface area contributed by atoms with Crippen LogP contribution >= 0.6 is 0 Å². The molecule has 0 aliphatic carbocycles. The van der Waals surface area contributed by atoms with Crippen molar-refractivity contribution >= 4 is 28.0 Å². The molecule has 0 saturated carbocycles. The molecule has 0 saturated heterocycles. The van der Waals surface area contributed by atoms with Gasteiger partial charge in [0, 0.05) is 0 Å². The zero-order chi connectivity index (χ0) is 15.9. The first-order valence-electron chi connectivity index (χ1n) is 6.38. The van der Waals surface area contributed by atoms with Gasteiger partial charge in [0.05, 0.1) is 5.41 Å². The Bertz CT molecular complexity index is 622. The SMILES string of the molecule is CCCC(C(=O)O)C(=O)NS(=O)(=O)/C=C/c1ccccc1. The van der Waals surface area contributed by atoms with E-state index in [-0.39, 0.29) is 6.42 Å². The summed E-state index contributed by atoms with van der Waals surface area (Å²) >= 11 is 0. The molecule has 1 aromatic rings. The summed E-state index contributed by atoms with van der Waals surface area (Å²) in [5, 5.41) is 9.74. The average molecular weight is 311 g/mol. The summed E-state index contributed by atoms with van der Waals surface area (Å²) in [7, 11) is -4.02. The van der Waals surface area contributed by atoms with Crippen LogP contribution in [-0.4, -0.2) is 25.4 Å². The van der Waals surface area contributed by atoms with Gasteiger partial charge in [-0.05, 0) is 18.1 Å². The monoisotopic (exact) mass is 311 g/mol. The lowest BCUT2D eigenvalue weighted by Crippen LogP contribution is -2.38. The number of rotatable bonds is 7. The van der Waals surface area contributed by atoms with Crippen LogP contribution in [0.25, 0.3) is 6.08 Å². The highest BCUT2D eigenvalue weighted by atomic mass is 32.2. The molecule has 0 aliphatic heterocycles. The molecule has 1 aromatic carbocycles. The van der Waals surface area contributed by atoms with Crippen LogP contribution in [0.2, 0.25) is 0 Å². The van der Waals surface area contributed by atoms with Gasteiger partial charge in [-0.1, -0.05) is 43.7 Å². The van der Waals surface area contributed by atoms with Crippen molar-refractivity contribution in [3.8, 4) is 0 Å².